The molecule has 0 aliphatic rings. The first kappa shape index (κ1) is 15.9. The number of aromatic nitrogens is 3. The maximum Gasteiger partial charge on any atom is 0.431 e. The molecule has 0 bridgehead atoms. The van der Waals surface area contributed by atoms with Crippen molar-refractivity contribution < 1.29 is 13.2 Å². The van der Waals surface area contributed by atoms with Crippen molar-refractivity contribution in [2.45, 2.75) is 6.18 Å². The van der Waals surface area contributed by atoms with Gasteiger partial charge < -0.3 is 9.97 Å². The molecule has 2 aromatic heterocycles. The van der Waals surface area contributed by atoms with Gasteiger partial charge in [-0.25, -0.2) is 4.98 Å². The van der Waals surface area contributed by atoms with Crippen molar-refractivity contribution in [3.8, 4) is 17.3 Å². The maximum atomic E-state index is 13.5. The molecule has 0 unspecified atom stereocenters. The Bertz CT molecular complexity index is 1260. The van der Waals surface area contributed by atoms with Crippen LogP contribution in [0.2, 0.25) is 0 Å². The summed E-state index contributed by atoms with van der Waals surface area (Å²) in [6.07, 6.45) is -4.70. The first-order valence-electron chi connectivity index (χ1n) is 7.51. The highest BCUT2D eigenvalue weighted by Gasteiger charge is 2.38. The van der Waals surface area contributed by atoms with Crippen molar-refractivity contribution >= 4 is 21.9 Å². The third-order valence-corrected chi connectivity index (χ3v) is 4.07. The molecule has 0 amide bonds. The molecule has 0 saturated heterocycles. The highest BCUT2D eigenvalue weighted by Crippen LogP contribution is 2.39. The van der Waals surface area contributed by atoms with Crippen LogP contribution in [0.25, 0.3) is 33.2 Å². The van der Waals surface area contributed by atoms with Crippen molar-refractivity contribution in [1.82, 2.24) is 15.0 Å². The monoisotopic (exact) mass is 354 g/mol. The first-order valence-corrected chi connectivity index (χ1v) is 7.51. The molecular formula is C18H9F3N4O. The van der Waals surface area contributed by atoms with Gasteiger partial charge in [-0.2, -0.15) is 18.4 Å². The molecule has 26 heavy (non-hydrogen) atoms. The van der Waals surface area contributed by atoms with Crippen LogP contribution >= 0.6 is 0 Å². The number of para-hydroxylation sites is 2. The Labute approximate surface area is 143 Å². The Kier molecular flexibility index (Phi) is 3.34. The number of halogens is 3. The molecule has 0 saturated carbocycles. The van der Waals surface area contributed by atoms with Gasteiger partial charge in [0.15, 0.2) is 0 Å². The number of alkyl halides is 3. The van der Waals surface area contributed by atoms with Crippen molar-refractivity contribution in [2.75, 3.05) is 0 Å². The lowest BCUT2D eigenvalue weighted by molar-refractivity contribution is -0.140. The number of aromatic amines is 2. The normalized spacial score (nSPS) is 11.8. The average Bonchev–Trinajstić information content (AvgIpc) is 3.00. The number of benzene rings is 2. The molecule has 4 rings (SSSR count). The van der Waals surface area contributed by atoms with Gasteiger partial charge in [0.2, 0.25) is 0 Å². The second kappa shape index (κ2) is 5.46. The molecule has 128 valence electrons. The van der Waals surface area contributed by atoms with Crippen molar-refractivity contribution in [1.29, 1.82) is 5.26 Å². The van der Waals surface area contributed by atoms with E-state index in [-0.39, 0.29) is 38.8 Å². The highest BCUT2D eigenvalue weighted by molar-refractivity contribution is 5.97. The van der Waals surface area contributed by atoms with E-state index in [2.05, 4.69) is 15.0 Å². The van der Waals surface area contributed by atoms with Gasteiger partial charge >= 0.3 is 6.18 Å². The lowest BCUT2D eigenvalue weighted by Gasteiger charge is -2.08. The van der Waals surface area contributed by atoms with E-state index in [1.807, 2.05) is 6.07 Å². The van der Waals surface area contributed by atoms with Crippen LogP contribution in [0.3, 0.4) is 0 Å². The summed E-state index contributed by atoms with van der Waals surface area (Å²) in [4.78, 5) is 21.4. The molecule has 0 aliphatic carbocycles. The molecule has 0 radical (unpaired) electrons. The molecule has 5 nitrogen and oxygen atoms in total. The van der Waals surface area contributed by atoms with Gasteiger partial charge in [0.25, 0.3) is 5.56 Å². The standard InChI is InChI=1S/C18H9F3N4O/c19-18(20,21)16-13(10-5-1-2-6-11(10)23-16)15-17(26)24-12-7-3-4-9(8-22)14(12)25-15/h1-7,23H,(H,24,26). The molecule has 2 heterocycles. The number of hydrogen-bond donors (Lipinski definition) is 2. The molecule has 8 heteroatoms. The molecule has 2 N–H and O–H groups in total. The van der Waals surface area contributed by atoms with E-state index in [0.29, 0.717) is 0 Å². The lowest BCUT2D eigenvalue weighted by Crippen LogP contribution is -2.15. The van der Waals surface area contributed by atoms with Crippen LogP contribution in [-0.2, 0) is 6.18 Å². The van der Waals surface area contributed by atoms with Gasteiger partial charge in [-0.1, -0.05) is 24.3 Å². The molecule has 0 fully saturated rings. The van der Waals surface area contributed by atoms with Gasteiger partial charge in [-0.15, -0.1) is 0 Å². The van der Waals surface area contributed by atoms with E-state index in [4.69, 9.17) is 0 Å². The topological polar surface area (TPSA) is 85.3 Å². The highest BCUT2D eigenvalue weighted by atomic mass is 19.4. The van der Waals surface area contributed by atoms with Crippen LogP contribution in [0.5, 0.6) is 0 Å². The lowest BCUT2D eigenvalue weighted by atomic mass is 10.1. The molecular weight excluding hydrogens is 345 g/mol. The third kappa shape index (κ3) is 2.33. The van der Waals surface area contributed by atoms with Crippen LogP contribution in [-0.4, -0.2) is 15.0 Å². The second-order valence-corrected chi connectivity index (χ2v) is 5.65. The smallest absolute Gasteiger partial charge is 0.350 e. The van der Waals surface area contributed by atoms with E-state index in [1.165, 1.54) is 24.3 Å². The summed E-state index contributed by atoms with van der Waals surface area (Å²) in [6, 6.07) is 12.7. The van der Waals surface area contributed by atoms with Crippen molar-refractivity contribution in [3.63, 3.8) is 0 Å². The largest absolute Gasteiger partial charge is 0.431 e. The zero-order valence-electron chi connectivity index (χ0n) is 13.0. The first-order chi connectivity index (χ1) is 12.4. The minimum Gasteiger partial charge on any atom is -0.350 e. The van der Waals surface area contributed by atoms with Gasteiger partial charge in [-0.3, -0.25) is 4.79 Å². The zero-order valence-corrected chi connectivity index (χ0v) is 13.0. The number of fused-ring (bicyclic) bond motifs is 2. The summed E-state index contributed by atoms with van der Waals surface area (Å²) in [5.41, 5.74) is -1.70. The van der Waals surface area contributed by atoms with E-state index >= 15 is 0 Å². The zero-order chi connectivity index (χ0) is 18.5. The van der Waals surface area contributed by atoms with Gasteiger partial charge in [0.1, 0.15) is 23.0 Å². The summed E-state index contributed by atoms with van der Waals surface area (Å²) >= 11 is 0. The van der Waals surface area contributed by atoms with Gasteiger partial charge in [-0.05, 0) is 18.2 Å². The number of nitrogens with one attached hydrogen (secondary N) is 2. The molecule has 0 spiro atoms. The van der Waals surface area contributed by atoms with Gasteiger partial charge in [0.05, 0.1) is 11.1 Å². The predicted molar refractivity (Wildman–Crippen MR) is 89.4 cm³/mol. The summed E-state index contributed by atoms with van der Waals surface area (Å²) in [5.74, 6) is 0. The van der Waals surface area contributed by atoms with Crippen molar-refractivity contribution in [2.24, 2.45) is 0 Å². The van der Waals surface area contributed by atoms with Crippen LogP contribution in [0.4, 0.5) is 13.2 Å². The van der Waals surface area contributed by atoms with Crippen LogP contribution in [0, 0.1) is 11.3 Å². The molecule has 2 aromatic carbocycles. The van der Waals surface area contributed by atoms with E-state index in [9.17, 15) is 23.2 Å². The summed E-state index contributed by atoms with van der Waals surface area (Å²) in [7, 11) is 0. The van der Waals surface area contributed by atoms with Crippen LogP contribution in [0.1, 0.15) is 11.3 Å². The summed E-state index contributed by atoms with van der Waals surface area (Å²) in [6.45, 7) is 0. The summed E-state index contributed by atoms with van der Waals surface area (Å²) in [5, 5.41) is 9.44. The Balaban J connectivity index is 2.16. The Morgan fingerprint density at radius 2 is 1.73 bits per heavy atom. The summed E-state index contributed by atoms with van der Waals surface area (Å²) < 4.78 is 40.6. The SMILES string of the molecule is N#Cc1cccc2[nH]c(=O)c(-c3c(C(F)(F)F)[nH]c4ccccc34)nc12. The quantitative estimate of drug-likeness (QED) is 0.542. The minimum absolute atomic E-state index is 0.142. The van der Waals surface area contributed by atoms with Crippen LogP contribution in [0.15, 0.2) is 47.3 Å². The Morgan fingerprint density at radius 3 is 2.46 bits per heavy atom. The number of hydrogen-bond acceptors (Lipinski definition) is 3. The third-order valence-electron chi connectivity index (χ3n) is 4.07. The fourth-order valence-corrected chi connectivity index (χ4v) is 2.97. The number of rotatable bonds is 1. The fourth-order valence-electron chi connectivity index (χ4n) is 2.97. The van der Waals surface area contributed by atoms with Gasteiger partial charge in [0, 0.05) is 16.5 Å². The fraction of sp³-hybridized carbons (Fsp3) is 0.0556. The van der Waals surface area contributed by atoms with E-state index in [1.54, 1.807) is 18.2 Å². The minimum atomic E-state index is -4.70. The Hall–Kier alpha value is -3.60. The molecule has 0 atom stereocenters. The van der Waals surface area contributed by atoms with Crippen molar-refractivity contribution in [3.05, 3.63) is 64.1 Å². The number of H-pyrrole nitrogens is 2. The number of nitrogens with zero attached hydrogens (tertiary/aromatic N) is 2. The van der Waals surface area contributed by atoms with Crippen LogP contribution < -0.4 is 5.56 Å². The molecule has 4 aromatic rings. The maximum absolute atomic E-state index is 13.5. The predicted octanol–water partition coefficient (Wildman–Crippen LogP) is 3.96. The average molecular weight is 354 g/mol. The molecule has 0 aliphatic heterocycles. The number of nitriles is 1. The Morgan fingerprint density at radius 1 is 1.00 bits per heavy atom. The van der Waals surface area contributed by atoms with E-state index in [0.717, 1.165) is 0 Å². The van der Waals surface area contributed by atoms with E-state index < -0.39 is 17.4 Å². The second-order valence-electron chi connectivity index (χ2n) is 5.65.